The number of likely N-dealkylation sites (tertiary alicyclic amines) is 2. The summed E-state index contributed by atoms with van der Waals surface area (Å²) < 4.78 is 74.9. The first-order valence-corrected chi connectivity index (χ1v) is 48.8. The number of benzene rings is 8. The molecule has 5 aliphatic rings. The molecule has 5 aromatic heterocycles. The molecule has 10 heterocycles. The summed E-state index contributed by atoms with van der Waals surface area (Å²) >= 11 is 55.2. The molecule has 5 aliphatic heterocycles. The van der Waals surface area contributed by atoms with Crippen LogP contribution in [0.5, 0.6) is 29.4 Å². The second kappa shape index (κ2) is 44.4. The van der Waals surface area contributed by atoms with Gasteiger partial charge in [-0.25, -0.2) is 34.9 Å². The quantitative estimate of drug-likeness (QED) is 0.0359. The maximum atomic E-state index is 11.2. The second-order valence-corrected chi connectivity index (χ2v) is 40.4. The molecule has 37 heteroatoms. The zero-order valence-electron chi connectivity index (χ0n) is 82.3. The van der Waals surface area contributed by atoms with E-state index in [0.29, 0.717) is 139 Å². The van der Waals surface area contributed by atoms with Crippen LogP contribution in [-0.4, -0.2) is 212 Å². The Kier molecular flexibility index (Phi) is 33.1. The molecule has 143 heavy (non-hydrogen) atoms. The van der Waals surface area contributed by atoms with E-state index in [1.807, 2.05) is 235 Å². The first-order chi connectivity index (χ1) is 68.2. The third kappa shape index (κ3) is 22.1. The molecule has 0 amide bonds. The van der Waals surface area contributed by atoms with Gasteiger partial charge in [-0.3, -0.25) is 29.2 Å². The van der Waals surface area contributed by atoms with Gasteiger partial charge in [-0.2, -0.15) is 0 Å². The van der Waals surface area contributed by atoms with Gasteiger partial charge >= 0.3 is 21.4 Å². The van der Waals surface area contributed by atoms with Gasteiger partial charge in [0.05, 0.1) is 159 Å². The minimum atomic E-state index is -0.601. The van der Waals surface area contributed by atoms with Gasteiger partial charge in [0.25, 0.3) is 0 Å². The minimum Gasteiger partial charge on any atom is -0.481 e. The highest BCUT2D eigenvalue weighted by Crippen LogP contribution is 2.49. The van der Waals surface area contributed by atoms with Crippen LogP contribution in [0.15, 0.2) is 188 Å². The van der Waals surface area contributed by atoms with Crippen molar-refractivity contribution in [2.24, 2.45) is 0 Å². The third-order valence-corrected chi connectivity index (χ3v) is 30.2. The molecule has 0 aliphatic carbocycles. The van der Waals surface area contributed by atoms with E-state index >= 15 is 0 Å². The Balaban J connectivity index is 0.000000145. The van der Waals surface area contributed by atoms with Crippen LogP contribution in [0, 0.1) is 0 Å². The second-order valence-electron chi connectivity index (χ2n) is 37.4. The first kappa shape index (κ1) is 107. The fraction of sp³-hybridized carbons (Fsp3) is 0.311. The lowest BCUT2D eigenvalue weighted by Gasteiger charge is -2.38. The zero-order valence-corrected chi connectivity index (χ0v) is 88.3. The average molecular weight is 2090 g/mol. The topological polar surface area (TPSA) is 281 Å². The number of halogens is 8. The number of hydrogen-bond donors (Lipinski definition) is 0. The molecule has 740 valence electrons. The van der Waals surface area contributed by atoms with E-state index in [0.717, 1.165) is 105 Å². The Morgan fingerprint density at radius 1 is 0.301 bits per heavy atom. The molecule has 26 nitrogen and oxygen atoms in total. The summed E-state index contributed by atoms with van der Waals surface area (Å²) in [5.74, 6) is 1.49. The minimum absolute atomic E-state index is 0.0952. The molecule has 13 aromatic rings. The summed E-state index contributed by atoms with van der Waals surface area (Å²) in [6.07, 6.45) is 7.07. The molecule has 5 fully saturated rings. The Morgan fingerprint density at radius 2 is 0.559 bits per heavy atom. The highest BCUT2D eigenvalue weighted by atomic mass is 35.5. The van der Waals surface area contributed by atoms with Gasteiger partial charge in [-0.15, -0.1) is 0 Å². The summed E-state index contributed by atoms with van der Waals surface area (Å²) in [4.78, 5) is 73.7. The number of pyridine rings is 2. The molecule has 8 aromatic carbocycles. The van der Waals surface area contributed by atoms with Crippen molar-refractivity contribution in [2.45, 2.75) is 142 Å². The number of rotatable bonds is 26. The Hall–Kier alpha value is -10.6. The molecule has 0 atom stereocenters. The van der Waals surface area contributed by atoms with Crippen LogP contribution in [0.25, 0.3) is 101 Å². The van der Waals surface area contributed by atoms with Gasteiger partial charge in [-0.05, 0) is 101 Å². The van der Waals surface area contributed by atoms with Crippen LogP contribution in [0.2, 0.25) is 40.2 Å². The van der Waals surface area contributed by atoms with Crippen LogP contribution in [-0.2, 0) is 50.5 Å². The summed E-state index contributed by atoms with van der Waals surface area (Å²) in [7, 11) is 9.29. The van der Waals surface area contributed by atoms with Crippen LogP contribution in [0.1, 0.15) is 126 Å². The third-order valence-electron chi connectivity index (χ3n) is 26.9. The SMILES string of the molecule is CC1(C)OB(c2cccc(-c3cccc(B4OC(C)(C)C(C)(C)O4)c3Cl)c2Cl)OC1(C)C.COc1nc(-c2cccc(-c3cccc(-c4cnc(C=O)c(OC)n4)c3Cl)c2Cl)ccc1C=O.COc1nc(-c2cccc(-c3cccc(-c4cnc(CN5CC(OC)C5)c(OC)n4)c3Cl)c2Cl)ccc1CN1CC(OC)C1.COc1nc(-c2cccc(-c3cccc(B4OC(C)(C)C(C)(C)O4)c3Cl)c2Cl)cnc1C=O. The Morgan fingerprint density at radius 3 is 0.860 bits per heavy atom. The van der Waals surface area contributed by atoms with Crippen molar-refractivity contribution >= 4 is 149 Å². The standard InChI is InChI=1S/C33H35Cl2N5O4.C25H17Cl2N3O4.C24H30B2Cl2O4.C24H23BCl2N2O4/c1-41-21-15-39(16-21)14-20-11-12-27(37-32(20)43-3)25-9-5-7-23(30(25)34)24-8-6-10-26(31(24)35)28-13-36-29(33(38-28)44-4)19-40-17-22(18-40)42-2;1-33-24-14(12-31)9-10-19(29-24)17-7-3-5-15(22(17)26)16-6-4-8-18(23(16)27)20-11-28-21(13-32)25(30-20)34-2;1-21(2)22(3,4)30-25(29-21)17-13-9-11-15(19(17)27)16-12-10-14-18(20(16)28)26-31-23(5,6)24(7,8)32-26;1-23(2)24(3,4)33-25(32-23)17-11-7-9-15(21(17)27)14-8-6-10-16(20(14)26)18-12-28-19(13-30)22(29-18)31-5/h5-13,21-22H,14-19H2,1-4H3;3-13H,1-2H3;9-14H,1-8H3;6-13H,1-5H3. The normalized spacial score (nSPS) is 16.5. The summed E-state index contributed by atoms with van der Waals surface area (Å²) in [5, 5.41) is 3.94. The van der Waals surface area contributed by atoms with Gasteiger partial charge < -0.3 is 61.1 Å². The van der Waals surface area contributed by atoms with E-state index in [1.54, 1.807) is 52.8 Å². The maximum absolute atomic E-state index is 11.2. The Bertz CT molecular complexity index is 6600. The molecule has 0 spiro atoms. The summed E-state index contributed by atoms with van der Waals surface area (Å²) in [6.45, 7) is 29.1. The highest BCUT2D eigenvalue weighted by molar-refractivity contribution is 6.68. The van der Waals surface area contributed by atoms with Gasteiger partial charge in [-0.1, -0.05) is 244 Å². The molecule has 0 N–H and O–H groups in total. The van der Waals surface area contributed by atoms with Crippen molar-refractivity contribution in [3.05, 3.63) is 257 Å². The lowest BCUT2D eigenvalue weighted by atomic mass is 9.76. The molecule has 0 bridgehead atoms. The number of carbonyl (C=O) groups is 3. The largest absolute Gasteiger partial charge is 0.496 e. The monoisotopic (exact) mass is 2090 g/mol. The lowest BCUT2D eigenvalue weighted by Crippen LogP contribution is -2.51. The number of nitrogens with zero attached hydrogens (tertiary/aromatic N) is 10. The zero-order chi connectivity index (χ0) is 103. The summed E-state index contributed by atoms with van der Waals surface area (Å²) in [6, 6.07) is 52.8. The van der Waals surface area contributed by atoms with Gasteiger partial charge in [0, 0.05) is 163 Å². The predicted molar refractivity (Wildman–Crippen MR) is 565 cm³/mol. The number of hydrogen-bond acceptors (Lipinski definition) is 26. The van der Waals surface area contributed by atoms with E-state index in [2.05, 4.69) is 39.7 Å². The Labute approximate surface area is 873 Å². The predicted octanol–water partition coefficient (Wildman–Crippen LogP) is 22.2. The van der Waals surface area contributed by atoms with Crippen molar-refractivity contribution in [1.82, 2.24) is 49.7 Å². The van der Waals surface area contributed by atoms with Crippen LogP contribution in [0.4, 0.5) is 0 Å². The fourth-order valence-corrected chi connectivity index (χ4v) is 19.1. The first-order valence-electron chi connectivity index (χ1n) is 45.7. The molecule has 0 unspecified atom stereocenters. The van der Waals surface area contributed by atoms with Crippen molar-refractivity contribution in [1.29, 1.82) is 0 Å². The van der Waals surface area contributed by atoms with E-state index in [-0.39, 0.29) is 41.2 Å². The van der Waals surface area contributed by atoms with E-state index in [1.165, 1.54) is 33.7 Å². The fourth-order valence-electron chi connectivity index (χ4n) is 16.5. The van der Waals surface area contributed by atoms with Gasteiger partial charge in [0.15, 0.2) is 30.2 Å². The van der Waals surface area contributed by atoms with Crippen molar-refractivity contribution in [3.8, 4) is 130 Å². The smallest absolute Gasteiger partial charge is 0.481 e. The molecular formula is C106H105B3Cl8N10O16. The number of carbonyl (C=O) groups excluding carboxylic acids is 3. The number of methoxy groups -OCH3 is 7. The molecule has 0 saturated carbocycles. The van der Waals surface area contributed by atoms with Gasteiger partial charge in [0.1, 0.15) is 5.69 Å². The number of aromatic nitrogens is 8. The summed E-state index contributed by atoms with van der Waals surface area (Å²) in [5.41, 5.74) is 14.0. The van der Waals surface area contributed by atoms with E-state index < -0.39 is 55.0 Å². The maximum Gasteiger partial charge on any atom is 0.496 e. The van der Waals surface area contributed by atoms with Crippen LogP contribution >= 0.6 is 92.8 Å². The van der Waals surface area contributed by atoms with Crippen molar-refractivity contribution in [2.75, 3.05) is 75.9 Å². The van der Waals surface area contributed by atoms with Crippen molar-refractivity contribution < 1.29 is 75.5 Å². The number of aldehydes is 3. The number of ether oxygens (including phenoxy) is 7. The lowest BCUT2D eigenvalue weighted by molar-refractivity contribution is -0.0342. The average Bonchev–Trinajstić information content (AvgIpc) is 1.61. The molecule has 18 rings (SSSR count). The van der Waals surface area contributed by atoms with E-state index in [4.69, 9.17) is 164 Å². The van der Waals surface area contributed by atoms with Crippen LogP contribution in [0.3, 0.4) is 0 Å². The van der Waals surface area contributed by atoms with E-state index in [9.17, 15) is 14.4 Å². The molecule has 5 saturated heterocycles. The van der Waals surface area contributed by atoms with Crippen LogP contribution < -0.4 is 40.1 Å². The highest BCUT2D eigenvalue weighted by Gasteiger charge is 2.55. The van der Waals surface area contributed by atoms with Gasteiger partial charge in [0.2, 0.25) is 29.4 Å². The molecule has 0 radical (unpaired) electrons. The molecular weight excluding hydrogens is 1990 g/mol. The van der Waals surface area contributed by atoms with Crippen molar-refractivity contribution in [3.63, 3.8) is 0 Å².